The van der Waals surface area contributed by atoms with Gasteiger partial charge in [0, 0.05) is 11.0 Å². The van der Waals surface area contributed by atoms with Crippen LogP contribution in [0.4, 0.5) is 0 Å². The van der Waals surface area contributed by atoms with Crippen molar-refractivity contribution in [2.75, 3.05) is 0 Å². The Balaban J connectivity index is 1.41. The van der Waals surface area contributed by atoms with Crippen LogP contribution in [0.5, 0.6) is 0 Å². The summed E-state index contributed by atoms with van der Waals surface area (Å²) in [6.07, 6.45) is 0. The molecule has 0 aromatic heterocycles. The molecule has 0 amide bonds. The number of fused-ring (bicyclic) bond motifs is 4. The van der Waals surface area contributed by atoms with Gasteiger partial charge in [0.1, 0.15) is 0 Å². The molecule has 0 saturated heterocycles. The highest BCUT2D eigenvalue weighted by molar-refractivity contribution is 5.92. The van der Waals surface area contributed by atoms with Crippen molar-refractivity contribution in [2.45, 2.75) is 26.2 Å². The van der Waals surface area contributed by atoms with Crippen molar-refractivity contribution in [2.24, 2.45) is 0 Å². The minimum absolute atomic E-state index is 0.129. The van der Waals surface area contributed by atoms with Gasteiger partial charge in [-0.25, -0.2) is 0 Å². The first-order valence-electron chi connectivity index (χ1n) is 11.8. The average Bonchev–Trinajstić information content (AvgIpc) is 3.11. The lowest BCUT2D eigenvalue weighted by Gasteiger charge is -2.22. The number of hydrogen-bond acceptors (Lipinski definition) is 1. The molecule has 1 aliphatic carbocycles. The lowest BCUT2D eigenvalue weighted by Crippen LogP contribution is -2.15. The predicted molar refractivity (Wildman–Crippen MR) is 142 cm³/mol. The van der Waals surface area contributed by atoms with E-state index in [1.165, 1.54) is 55.3 Å². The van der Waals surface area contributed by atoms with Crippen LogP contribution in [0.2, 0.25) is 0 Å². The first-order valence-corrected chi connectivity index (χ1v) is 11.8. The lowest BCUT2D eigenvalue weighted by molar-refractivity contribution is 0.660. The Hall–Kier alpha value is -4.15. The molecule has 162 valence electrons. The minimum Gasteiger partial charge on any atom is -0.192 e. The number of hydrogen-bond donors (Lipinski definition) is 0. The van der Waals surface area contributed by atoms with Crippen molar-refractivity contribution in [3.05, 3.63) is 119 Å². The zero-order valence-electron chi connectivity index (χ0n) is 19.7. The van der Waals surface area contributed by atoms with Gasteiger partial charge in [0.15, 0.2) is 0 Å². The Morgan fingerprint density at radius 1 is 0.647 bits per heavy atom. The van der Waals surface area contributed by atoms with E-state index >= 15 is 0 Å². The van der Waals surface area contributed by atoms with E-state index in [0.717, 1.165) is 11.1 Å². The summed E-state index contributed by atoms with van der Waals surface area (Å²) >= 11 is 0. The molecule has 6 rings (SSSR count). The van der Waals surface area contributed by atoms with Crippen molar-refractivity contribution in [1.29, 1.82) is 5.26 Å². The van der Waals surface area contributed by atoms with Gasteiger partial charge in [-0.1, -0.05) is 98.8 Å². The Morgan fingerprint density at radius 2 is 1.35 bits per heavy atom. The van der Waals surface area contributed by atoms with Gasteiger partial charge >= 0.3 is 0 Å². The van der Waals surface area contributed by atoms with E-state index in [4.69, 9.17) is 0 Å². The van der Waals surface area contributed by atoms with Crippen LogP contribution in [0.15, 0.2) is 97.1 Å². The van der Waals surface area contributed by atoms with E-state index < -0.39 is 0 Å². The number of nitriles is 1. The first kappa shape index (κ1) is 20.5. The zero-order valence-corrected chi connectivity index (χ0v) is 19.7. The summed E-state index contributed by atoms with van der Waals surface area (Å²) in [4.78, 5) is 0. The van der Waals surface area contributed by atoms with Crippen molar-refractivity contribution in [1.82, 2.24) is 0 Å². The van der Waals surface area contributed by atoms with Gasteiger partial charge in [0.2, 0.25) is 0 Å². The lowest BCUT2D eigenvalue weighted by atomic mass is 9.81. The van der Waals surface area contributed by atoms with Gasteiger partial charge in [0.25, 0.3) is 0 Å². The van der Waals surface area contributed by atoms with Crippen LogP contribution in [-0.4, -0.2) is 0 Å². The number of aryl methyl sites for hydroxylation is 1. The standard InChI is InChI=1S/C33H25N/c1-21-27-9-5-4-7-23(27)15-17-28(21)24-13-11-22(12-14-24)25-16-18-29-31(19-25)33(2,3)30-10-6-8-26(20-34)32(29)30/h4-19H,1-3H3. The van der Waals surface area contributed by atoms with Crippen LogP contribution in [0.25, 0.3) is 44.2 Å². The molecule has 0 atom stereocenters. The normalized spacial score (nSPS) is 13.4. The van der Waals surface area contributed by atoms with Crippen LogP contribution >= 0.6 is 0 Å². The third-order valence-corrected chi connectivity index (χ3v) is 7.55. The van der Waals surface area contributed by atoms with Gasteiger partial charge in [0.05, 0.1) is 11.6 Å². The Labute approximate surface area is 200 Å². The fourth-order valence-corrected chi connectivity index (χ4v) is 5.64. The fourth-order valence-electron chi connectivity index (χ4n) is 5.64. The highest BCUT2D eigenvalue weighted by atomic mass is 14.4. The molecule has 0 bridgehead atoms. The monoisotopic (exact) mass is 435 g/mol. The maximum absolute atomic E-state index is 9.68. The Bertz CT molecular complexity index is 1630. The second kappa shape index (κ2) is 7.44. The predicted octanol–water partition coefficient (Wildman–Crippen LogP) is 8.66. The smallest absolute Gasteiger partial charge is 0.0998 e. The molecule has 0 radical (unpaired) electrons. The van der Waals surface area contributed by atoms with Crippen LogP contribution < -0.4 is 0 Å². The molecule has 0 unspecified atom stereocenters. The number of rotatable bonds is 2. The van der Waals surface area contributed by atoms with Gasteiger partial charge in [-0.15, -0.1) is 0 Å². The second-order valence-electron chi connectivity index (χ2n) is 9.76. The van der Waals surface area contributed by atoms with Gasteiger partial charge < -0.3 is 0 Å². The van der Waals surface area contributed by atoms with Crippen LogP contribution in [0.1, 0.15) is 36.1 Å². The molecule has 1 aliphatic rings. The highest BCUT2D eigenvalue weighted by Gasteiger charge is 2.36. The molecular formula is C33H25N. The van der Waals surface area contributed by atoms with E-state index in [1.807, 2.05) is 12.1 Å². The van der Waals surface area contributed by atoms with Gasteiger partial charge in [-0.05, 0) is 74.3 Å². The maximum atomic E-state index is 9.68. The average molecular weight is 436 g/mol. The topological polar surface area (TPSA) is 23.8 Å². The zero-order chi connectivity index (χ0) is 23.4. The summed E-state index contributed by atoms with van der Waals surface area (Å²) in [5, 5.41) is 12.3. The van der Waals surface area contributed by atoms with Crippen molar-refractivity contribution in [3.63, 3.8) is 0 Å². The summed E-state index contributed by atoms with van der Waals surface area (Å²) < 4.78 is 0. The fraction of sp³-hybridized carbons (Fsp3) is 0.121. The Morgan fingerprint density at radius 3 is 2.15 bits per heavy atom. The summed E-state index contributed by atoms with van der Waals surface area (Å²) in [7, 11) is 0. The van der Waals surface area contributed by atoms with E-state index in [1.54, 1.807) is 0 Å². The molecule has 0 spiro atoms. The molecule has 0 N–H and O–H groups in total. The molecule has 1 heteroatoms. The second-order valence-corrected chi connectivity index (χ2v) is 9.76. The van der Waals surface area contributed by atoms with Crippen LogP contribution in [-0.2, 0) is 5.41 Å². The van der Waals surface area contributed by atoms with E-state index in [9.17, 15) is 5.26 Å². The molecule has 5 aromatic rings. The molecule has 0 aliphatic heterocycles. The van der Waals surface area contributed by atoms with E-state index in [0.29, 0.717) is 0 Å². The first-order chi connectivity index (χ1) is 16.5. The molecule has 34 heavy (non-hydrogen) atoms. The summed E-state index contributed by atoms with van der Waals surface area (Å²) in [5.41, 5.74) is 11.7. The Kier molecular flexibility index (Phi) is 4.48. The van der Waals surface area contributed by atoms with Crippen molar-refractivity contribution in [3.8, 4) is 39.4 Å². The SMILES string of the molecule is Cc1c(-c2ccc(-c3ccc4c(c3)C(C)(C)c3cccc(C#N)c3-4)cc2)ccc2ccccc12. The van der Waals surface area contributed by atoms with E-state index in [2.05, 4.69) is 112 Å². The third-order valence-electron chi connectivity index (χ3n) is 7.55. The molecular weight excluding hydrogens is 410 g/mol. The summed E-state index contributed by atoms with van der Waals surface area (Å²) in [6, 6.07) is 37.1. The molecule has 5 aromatic carbocycles. The number of benzene rings is 5. The van der Waals surface area contributed by atoms with Crippen LogP contribution in [0, 0.1) is 18.3 Å². The molecule has 0 heterocycles. The third kappa shape index (κ3) is 2.93. The maximum Gasteiger partial charge on any atom is 0.0998 e. The quantitative estimate of drug-likeness (QED) is 0.272. The molecule has 1 nitrogen and oxygen atoms in total. The van der Waals surface area contributed by atoms with E-state index in [-0.39, 0.29) is 5.41 Å². The summed E-state index contributed by atoms with van der Waals surface area (Å²) in [6.45, 7) is 6.73. The summed E-state index contributed by atoms with van der Waals surface area (Å²) in [5.74, 6) is 0. The number of nitrogens with zero attached hydrogens (tertiary/aromatic N) is 1. The largest absolute Gasteiger partial charge is 0.192 e. The van der Waals surface area contributed by atoms with Gasteiger partial charge in [-0.3, -0.25) is 0 Å². The van der Waals surface area contributed by atoms with Crippen molar-refractivity contribution >= 4 is 10.8 Å². The minimum atomic E-state index is -0.129. The highest BCUT2D eigenvalue weighted by Crippen LogP contribution is 2.50. The van der Waals surface area contributed by atoms with Gasteiger partial charge in [-0.2, -0.15) is 5.26 Å². The molecule has 0 saturated carbocycles. The molecule has 0 fully saturated rings. The van der Waals surface area contributed by atoms with Crippen LogP contribution in [0.3, 0.4) is 0 Å². The van der Waals surface area contributed by atoms with Crippen molar-refractivity contribution < 1.29 is 0 Å².